The Kier molecular flexibility index (Phi) is 3.26. The fraction of sp³-hybridized carbons (Fsp3) is 0.389. The van der Waals surface area contributed by atoms with E-state index in [2.05, 4.69) is 34.1 Å². The molecule has 2 aliphatic heterocycles. The number of rotatable bonds is 1. The Bertz CT molecular complexity index is 760. The molecule has 1 saturated heterocycles. The Morgan fingerprint density at radius 1 is 1.32 bits per heavy atom. The molecule has 2 aromatic rings. The number of aromatic amines is 1. The van der Waals surface area contributed by atoms with Gasteiger partial charge in [-0.25, -0.2) is 4.79 Å². The first-order valence-corrected chi connectivity index (χ1v) is 7.90. The third-order valence-electron chi connectivity index (χ3n) is 4.90. The zero-order chi connectivity index (χ0) is 15.1. The number of benzene rings is 1. The quantitative estimate of drug-likeness (QED) is 0.650. The van der Waals surface area contributed by atoms with Crippen molar-refractivity contribution in [3.8, 4) is 0 Å². The minimum Gasteiger partial charge on any atom is -0.466 e. The van der Waals surface area contributed by atoms with E-state index >= 15 is 0 Å². The van der Waals surface area contributed by atoms with Crippen molar-refractivity contribution >= 4 is 16.9 Å². The maximum Gasteiger partial charge on any atom is 0.330 e. The lowest BCUT2D eigenvalue weighted by Crippen LogP contribution is -2.40. The highest BCUT2D eigenvalue weighted by atomic mass is 16.5. The number of aromatic nitrogens is 1. The van der Waals surface area contributed by atoms with E-state index in [-0.39, 0.29) is 12.0 Å². The number of nitrogens with one attached hydrogen (secondary N) is 1. The van der Waals surface area contributed by atoms with Crippen LogP contribution < -0.4 is 0 Å². The normalized spacial score (nSPS) is 23.3. The van der Waals surface area contributed by atoms with E-state index in [4.69, 9.17) is 4.74 Å². The first-order chi connectivity index (χ1) is 10.8. The average molecular weight is 296 g/mol. The van der Waals surface area contributed by atoms with Crippen LogP contribution in [-0.2, 0) is 16.0 Å². The van der Waals surface area contributed by atoms with Crippen molar-refractivity contribution in [1.82, 2.24) is 9.88 Å². The van der Waals surface area contributed by atoms with Crippen molar-refractivity contribution in [2.75, 3.05) is 20.2 Å². The van der Waals surface area contributed by atoms with Gasteiger partial charge in [0.05, 0.1) is 13.2 Å². The van der Waals surface area contributed by atoms with Crippen molar-refractivity contribution in [3.05, 3.63) is 47.2 Å². The van der Waals surface area contributed by atoms with Crippen LogP contribution in [0.5, 0.6) is 0 Å². The Balaban J connectivity index is 1.85. The molecule has 4 rings (SSSR count). The number of ether oxygens (including phenoxy) is 1. The summed E-state index contributed by atoms with van der Waals surface area (Å²) in [5, 5.41) is 1.32. The van der Waals surface area contributed by atoms with Crippen LogP contribution in [0, 0.1) is 0 Å². The molecule has 4 nitrogen and oxygen atoms in total. The van der Waals surface area contributed by atoms with Crippen LogP contribution in [0.2, 0.25) is 0 Å². The highest BCUT2D eigenvalue weighted by molar-refractivity contribution is 5.86. The van der Waals surface area contributed by atoms with Gasteiger partial charge in [0.1, 0.15) is 0 Å². The van der Waals surface area contributed by atoms with E-state index in [1.54, 1.807) is 6.08 Å². The second-order valence-electron chi connectivity index (χ2n) is 6.10. The zero-order valence-electron chi connectivity index (χ0n) is 12.8. The van der Waals surface area contributed by atoms with Crippen molar-refractivity contribution in [2.45, 2.75) is 25.3 Å². The number of carbonyl (C=O) groups is 1. The lowest BCUT2D eigenvalue weighted by atomic mass is 9.86. The number of piperidine rings is 1. The van der Waals surface area contributed by atoms with Crippen LogP contribution in [0.15, 0.2) is 35.9 Å². The molecule has 4 heteroatoms. The van der Waals surface area contributed by atoms with Crippen molar-refractivity contribution < 1.29 is 9.53 Å². The number of nitrogens with zero attached hydrogens (tertiary/aromatic N) is 1. The topological polar surface area (TPSA) is 45.3 Å². The minimum absolute atomic E-state index is 0.198. The molecule has 0 bridgehead atoms. The van der Waals surface area contributed by atoms with Crippen LogP contribution in [0.25, 0.3) is 10.9 Å². The molecular weight excluding hydrogens is 276 g/mol. The average Bonchev–Trinajstić information content (AvgIpc) is 2.93. The summed E-state index contributed by atoms with van der Waals surface area (Å²) in [6.45, 7) is 2.15. The SMILES string of the molecule is COC(=O)/C=C1\CCCN2CCc3c([nH]c4ccccc34)C12. The predicted molar refractivity (Wildman–Crippen MR) is 85.6 cm³/mol. The number of fused-ring (bicyclic) bond motifs is 5. The molecule has 0 saturated carbocycles. The van der Waals surface area contributed by atoms with E-state index < -0.39 is 0 Å². The van der Waals surface area contributed by atoms with Gasteiger partial charge in [-0.1, -0.05) is 18.2 Å². The maximum absolute atomic E-state index is 11.7. The van der Waals surface area contributed by atoms with Gasteiger partial charge in [-0.15, -0.1) is 0 Å². The van der Waals surface area contributed by atoms with Gasteiger partial charge in [0.25, 0.3) is 0 Å². The molecule has 1 atom stereocenters. The summed E-state index contributed by atoms with van der Waals surface area (Å²) in [5.74, 6) is -0.250. The Hall–Kier alpha value is -2.07. The molecule has 3 heterocycles. The van der Waals surface area contributed by atoms with Crippen molar-refractivity contribution in [2.24, 2.45) is 0 Å². The molecule has 1 N–H and O–H groups in total. The summed E-state index contributed by atoms with van der Waals surface area (Å²) in [4.78, 5) is 17.8. The van der Waals surface area contributed by atoms with Crippen LogP contribution in [0.3, 0.4) is 0 Å². The van der Waals surface area contributed by atoms with E-state index in [0.717, 1.165) is 32.4 Å². The van der Waals surface area contributed by atoms with E-state index in [0.29, 0.717) is 0 Å². The minimum atomic E-state index is -0.250. The van der Waals surface area contributed by atoms with Gasteiger partial charge < -0.3 is 9.72 Å². The fourth-order valence-corrected chi connectivity index (χ4v) is 3.94. The molecule has 0 aliphatic carbocycles. The number of hydrogen-bond donors (Lipinski definition) is 1. The van der Waals surface area contributed by atoms with Crippen LogP contribution in [-0.4, -0.2) is 36.1 Å². The summed E-state index contributed by atoms with van der Waals surface area (Å²) in [6.07, 6.45) is 4.83. The smallest absolute Gasteiger partial charge is 0.330 e. The number of methoxy groups -OCH3 is 1. The summed E-state index contributed by atoms with van der Waals surface area (Å²) in [5.41, 5.74) is 5.04. The second kappa shape index (κ2) is 5.29. The Labute approximate surface area is 129 Å². The first kappa shape index (κ1) is 13.6. The Morgan fingerprint density at radius 2 is 2.18 bits per heavy atom. The maximum atomic E-state index is 11.7. The monoisotopic (exact) mass is 296 g/mol. The highest BCUT2D eigenvalue weighted by Crippen LogP contribution is 2.42. The molecular formula is C18H20N2O2. The lowest BCUT2D eigenvalue weighted by Gasteiger charge is -2.40. The standard InChI is InChI=1S/C18H20N2O2/c1-22-16(21)11-12-5-4-9-20-10-8-14-13-6-2-3-7-15(13)19-17(14)18(12)20/h2-3,6-7,11,18-19H,4-5,8-10H2,1H3/b12-11+. The lowest BCUT2D eigenvalue weighted by molar-refractivity contribution is -0.134. The zero-order valence-corrected chi connectivity index (χ0v) is 12.8. The van der Waals surface area contributed by atoms with E-state index in [9.17, 15) is 4.79 Å². The molecule has 1 aromatic heterocycles. The third-order valence-corrected chi connectivity index (χ3v) is 4.90. The Morgan fingerprint density at radius 3 is 3.05 bits per heavy atom. The molecule has 2 aliphatic rings. The van der Waals surface area contributed by atoms with Crippen LogP contribution >= 0.6 is 0 Å². The summed E-state index contributed by atoms with van der Waals surface area (Å²) in [7, 11) is 1.44. The molecule has 114 valence electrons. The number of esters is 1. The molecule has 0 amide bonds. The van der Waals surface area contributed by atoms with Gasteiger partial charge in [-0.3, -0.25) is 4.90 Å². The van der Waals surface area contributed by atoms with Gasteiger partial charge in [-0.2, -0.15) is 0 Å². The number of para-hydroxylation sites is 1. The van der Waals surface area contributed by atoms with E-state index in [1.807, 2.05) is 0 Å². The number of H-pyrrole nitrogens is 1. The molecule has 1 aromatic carbocycles. The van der Waals surface area contributed by atoms with Crippen LogP contribution in [0.1, 0.15) is 30.1 Å². The van der Waals surface area contributed by atoms with Crippen LogP contribution in [0.4, 0.5) is 0 Å². The second-order valence-corrected chi connectivity index (χ2v) is 6.10. The molecule has 1 fully saturated rings. The molecule has 22 heavy (non-hydrogen) atoms. The van der Waals surface area contributed by atoms with Gasteiger partial charge in [0.15, 0.2) is 0 Å². The summed E-state index contributed by atoms with van der Waals surface area (Å²) >= 11 is 0. The predicted octanol–water partition coefficient (Wildman–Crippen LogP) is 2.96. The molecule has 0 spiro atoms. The van der Waals surface area contributed by atoms with Gasteiger partial charge in [-0.05, 0) is 43.0 Å². The number of carbonyl (C=O) groups excluding carboxylic acids is 1. The van der Waals surface area contributed by atoms with Crippen molar-refractivity contribution in [1.29, 1.82) is 0 Å². The van der Waals surface area contributed by atoms with Gasteiger partial charge >= 0.3 is 5.97 Å². The summed E-state index contributed by atoms with van der Waals surface area (Å²) in [6, 6.07) is 8.67. The summed E-state index contributed by atoms with van der Waals surface area (Å²) < 4.78 is 4.84. The van der Waals surface area contributed by atoms with Gasteiger partial charge in [0, 0.05) is 29.2 Å². The first-order valence-electron chi connectivity index (χ1n) is 7.90. The number of hydrogen-bond acceptors (Lipinski definition) is 3. The largest absolute Gasteiger partial charge is 0.466 e. The van der Waals surface area contributed by atoms with Crippen molar-refractivity contribution in [3.63, 3.8) is 0 Å². The fourth-order valence-electron chi connectivity index (χ4n) is 3.94. The molecule has 1 unspecified atom stereocenters. The molecule has 0 radical (unpaired) electrons. The van der Waals surface area contributed by atoms with E-state index in [1.165, 1.54) is 34.8 Å². The third kappa shape index (κ3) is 2.06. The van der Waals surface area contributed by atoms with Gasteiger partial charge in [0.2, 0.25) is 0 Å². The highest BCUT2D eigenvalue weighted by Gasteiger charge is 2.35.